The summed E-state index contributed by atoms with van der Waals surface area (Å²) in [5.74, 6) is -0.192. The zero-order valence-corrected chi connectivity index (χ0v) is 17.7. The van der Waals surface area contributed by atoms with E-state index in [9.17, 15) is 13.2 Å². The second-order valence-corrected chi connectivity index (χ2v) is 10.4. The van der Waals surface area contributed by atoms with Crippen LogP contribution in [0.2, 0.25) is 0 Å². The van der Waals surface area contributed by atoms with Gasteiger partial charge >= 0.3 is 0 Å². The molecule has 30 heavy (non-hydrogen) atoms. The van der Waals surface area contributed by atoms with Crippen LogP contribution in [0.25, 0.3) is 11.1 Å². The standard InChI is InChI=1S/C23H23N3O3S/c1-14-22(15(2)26(25-14)16-11-12-30(28,29)13-16)24-23(27)21-19-9-5-3-7-17(19)18-8-4-6-10-20(18)21/h3-10,16,21H,11-13H2,1-2H3,(H,24,27). The third kappa shape index (κ3) is 2.96. The van der Waals surface area contributed by atoms with E-state index < -0.39 is 9.84 Å². The Balaban J connectivity index is 1.48. The van der Waals surface area contributed by atoms with Crippen molar-refractivity contribution in [3.05, 3.63) is 71.0 Å². The van der Waals surface area contributed by atoms with Gasteiger partial charge in [-0.25, -0.2) is 8.42 Å². The molecule has 3 aromatic rings. The topological polar surface area (TPSA) is 81.1 Å². The molecule has 1 saturated heterocycles. The number of aromatic nitrogens is 2. The molecule has 1 aliphatic carbocycles. The van der Waals surface area contributed by atoms with Gasteiger partial charge in [-0.1, -0.05) is 48.5 Å². The molecule has 1 N–H and O–H groups in total. The van der Waals surface area contributed by atoms with Crippen LogP contribution in [0.4, 0.5) is 5.69 Å². The van der Waals surface area contributed by atoms with Gasteiger partial charge in [-0.3, -0.25) is 9.48 Å². The van der Waals surface area contributed by atoms with Gasteiger partial charge in [0.15, 0.2) is 9.84 Å². The third-order valence-electron chi connectivity index (χ3n) is 6.22. The highest BCUT2D eigenvalue weighted by Crippen LogP contribution is 2.45. The summed E-state index contributed by atoms with van der Waals surface area (Å²) in [7, 11) is -3.02. The first-order chi connectivity index (χ1) is 14.4. The molecule has 1 fully saturated rings. The molecule has 1 aliphatic heterocycles. The van der Waals surface area contributed by atoms with Crippen molar-refractivity contribution < 1.29 is 13.2 Å². The summed E-state index contributed by atoms with van der Waals surface area (Å²) in [6, 6.07) is 15.8. The number of hydrogen-bond donors (Lipinski definition) is 1. The summed E-state index contributed by atoms with van der Waals surface area (Å²) in [4.78, 5) is 13.4. The Morgan fingerprint density at radius 1 is 1.03 bits per heavy atom. The number of rotatable bonds is 3. The van der Waals surface area contributed by atoms with E-state index in [0.717, 1.165) is 27.9 Å². The Kier molecular flexibility index (Phi) is 4.32. The number of nitrogens with one attached hydrogen (secondary N) is 1. The summed E-state index contributed by atoms with van der Waals surface area (Å²) >= 11 is 0. The molecule has 2 aromatic carbocycles. The van der Waals surface area contributed by atoms with E-state index in [-0.39, 0.29) is 29.4 Å². The van der Waals surface area contributed by atoms with Crippen LogP contribution in [0, 0.1) is 13.8 Å². The van der Waals surface area contributed by atoms with Crippen molar-refractivity contribution in [3.8, 4) is 11.1 Å². The Bertz CT molecular complexity index is 1230. The lowest BCUT2D eigenvalue weighted by molar-refractivity contribution is -0.116. The highest BCUT2D eigenvalue weighted by atomic mass is 32.2. The van der Waals surface area contributed by atoms with Crippen molar-refractivity contribution in [2.24, 2.45) is 0 Å². The fourth-order valence-corrected chi connectivity index (χ4v) is 6.49. The molecule has 0 spiro atoms. The molecule has 1 aromatic heterocycles. The van der Waals surface area contributed by atoms with Gasteiger partial charge in [-0.05, 0) is 42.5 Å². The Morgan fingerprint density at radius 3 is 2.20 bits per heavy atom. The number of amides is 1. The SMILES string of the molecule is Cc1nn(C2CCS(=O)(=O)C2)c(C)c1NC(=O)C1c2ccccc2-c2ccccc21. The van der Waals surface area contributed by atoms with Crippen molar-refractivity contribution in [1.82, 2.24) is 9.78 Å². The molecule has 154 valence electrons. The number of anilines is 1. The molecule has 0 saturated carbocycles. The first-order valence-corrected chi connectivity index (χ1v) is 11.9. The maximum Gasteiger partial charge on any atom is 0.236 e. The molecule has 7 heteroatoms. The number of aryl methyl sites for hydroxylation is 1. The number of nitrogens with zero attached hydrogens (tertiary/aromatic N) is 2. The lowest BCUT2D eigenvalue weighted by Crippen LogP contribution is -2.21. The molecule has 1 unspecified atom stereocenters. The van der Waals surface area contributed by atoms with E-state index in [1.165, 1.54) is 0 Å². The first kappa shape index (κ1) is 19.1. The molecular formula is C23H23N3O3S. The summed E-state index contributed by atoms with van der Waals surface area (Å²) in [6.07, 6.45) is 0.557. The average Bonchev–Trinajstić information content (AvgIpc) is 3.34. The fraction of sp³-hybridized carbons (Fsp3) is 0.304. The van der Waals surface area contributed by atoms with E-state index in [2.05, 4.69) is 22.5 Å². The minimum atomic E-state index is -3.02. The second kappa shape index (κ2) is 6.80. The molecule has 0 radical (unpaired) electrons. The number of carbonyl (C=O) groups excluding carboxylic acids is 1. The van der Waals surface area contributed by atoms with Gasteiger partial charge in [0.05, 0.1) is 40.5 Å². The number of hydrogen-bond acceptors (Lipinski definition) is 4. The van der Waals surface area contributed by atoms with E-state index in [1.54, 1.807) is 4.68 Å². The highest BCUT2D eigenvalue weighted by molar-refractivity contribution is 7.91. The molecule has 5 rings (SSSR count). The molecule has 1 amide bonds. The van der Waals surface area contributed by atoms with E-state index in [4.69, 9.17) is 0 Å². The molecule has 6 nitrogen and oxygen atoms in total. The lowest BCUT2D eigenvalue weighted by Gasteiger charge is -2.15. The predicted octanol–water partition coefficient (Wildman–Crippen LogP) is 3.61. The van der Waals surface area contributed by atoms with Gasteiger partial charge in [-0.2, -0.15) is 5.10 Å². The van der Waals surface area contributed by atoms with E-state index in [1.807, 2.05) is 50.2 Å². The molecular weight excluding hydrogens is 398 g/mol. The quantitative estimate of drug-likeness (QED) is 0.701. The van der Waals surface area contributed by atoms with Crippen molar-refractivity contribution >= 4 is 21.4 Å². The van der Waals surface area contributed by atoms with Crippen molar-refractivity contribution in [3.63, 3.8) is 0 Å². The van der Waals surface area contributed by atoms with E-state index >= 15 is 0 Å². The maximum absolute atomic E-state index is 13.4. The second-order valence-electron chi connectivity index (χ2n) is 8.14. The molecule has 2 aliphatic rings. The smallest absolute Gasteiger partial charge is 0.236 e. The van der Waals surface area contributed by atoms with Gasteiger partial charge in [-0.15, -0.1) is 0 Å². The van der Waals surface area contributed by atoms with Gasteiger partial charge < -0.3 is 5.32 Å². The minimum absolute atomic E-state index is 0.0998. The predicted molar refractivity (Wildman–Crippen MR) is 116 cm³/mol. The normalized spacial score (nSPS) is 19.5. The van der Waals surface area contributed by atoms with Crippen molar-refractivity contribution in [2.45, 2.75) is 32.2 Å². The monoisotopic (exact) mass is 421 g/mol. The van der Waals surface area contributed by atoms with Crippen LogP contribution in [-0.2, 0) is 14.6 Å². The molecule has 1 atom stereocenters. The van der Waals surface area contributed by atoms with E-state index in [0.29, 0.717) is 17.8 Å². The number of benzene rings is 2. The van der Waals surface area contributed by atoms with Crippen LogP contribution in [0.5, 0.6) is 0 Å². The maximum atomic E-state index is 13.4. The largest absolute Gasteiger partial charge is 0.322 e. The molecule has 0 bridgehead atoms. The first-order valence-electron chi connectivity index (χ1n) is 10.1. The van der Waals surface area contributed by atoms with Crippen LogP contribution in [0.1, 0.15) is 40.9 Å². The van der Waals surface area contributed by atoms with Crippen LogP contribution in [-0.4, -0.2) is 35.6 Å². The molecule has 2 heterocycles. The minimum Gasteiger partial charge on any atom is -0.322 e. The van der Waals surface area contributed by atoms with Gasteiger partial charge in [0.1, 0.15) is 0 Å². The summed E-state index contributed by atoms with van der Waals surface area (Å²) in [5.41, 5.74) is 6.35. The zero-order chi connectivity index (χ0) is 21.0. The van der Waals surface area contributed by atoms with Crippen LogP contribution in [0.3, 0.4) is 0 Å². The number of carbonyl (C=O) groups is 1. The Morgan fingerprint density at radius 2 is 1.63 bits per heavy atom. The Labute approximate surface area is 175 Å². The van der Waals surface area contributed by atoms with Crippen molar-refractivity contribution in [1.29, 1.82) is 0 Å². The lowest BCUT2D eigenvalue weighted by atomic mass is 9.96. The number of fused-ring (bicyclic) bond motifs is 3. The zero-order valence-electron chi connectivity index (χ0n) is 16.9. The third-order valence-corrected chi connectivity index (χ3v) is 7.97. The average molecular weight is 422 g/mol. The van der Waals surface area contributed by atoms with Crippen molar-refractivity contribution in [2.75, 3.05) is 16.8 Å². The Hall–Kier alpha value is -2.93. The van der Waals surface area contributed by atoms with Crippen LogP contribution >= 0.6 is 0 Å². The number of sulfone groups is 1. The summed E-state index contributed by atoms with van der Waals surface area (Å²) in [6.45, 7) is 3.73. The van der Waals surface area contributed by atoms with Crippen LogP contribution in [0.15, 0.2) is 48.5 Å². The van der Waals surface area contributed by atoms with Crippen LogP contribution < -0.4 is 5.32 Å². The summed E-state index contributed by atoms with van der Waals surface area (Å²) < 4.78 is 25.6. The van der Waals surface area contributed by atoms with Gasteiger partial charge in [0.2, 0.25) is 5.91 Å². The fourth-order valence-electron chi connectivity index (χ4n) is 4.80. The summed E-state index contributed by atoms with van der Waals surface area (Å²) in [5, 5.41) is 7.66. The van der Waals surface area contributed by atoms with Gasteiger partial charge in [0, 0.05) is 0 Å². The highest BCUT2D eigenvalue weighted by Gasteiger charge is 2.35. The van der Waals surface area contributed by atoms with Gasteiger partial charge in [0.25, 0.3) is 0 Å².